The molecule has 0 atom stereocenters. The van der Waals surface area contributed by atoms with Gasteiger partial charge in [0.05, 0.1) is 26.4 Å². The minimum absolute atomic E-state index is 0.310. The molecule has 0 radical (unpaired) electrons. The van der Waals surface area contributed by atoms with Gasteiger partial charge in [-0.05, 0) is 49.9 Å². The van der Waals surface area contributed by atoms with Crippen LogP contribution in [0.15, 0.2) is 72.8 Å². The monoisotopic (exact) mass is 490 g/mol. The molecule has 6 heteroatoms. The van der Waals surface area contributed by atoms with E-state index in [0.717, 1.165) is 22.3 Å². The smallest absolute Gasteiger partial charge is 0.193 e. The SMILES string of the molecule is CC(C)(O)C(=O)c1ccc(COCc2ccc(COCc3ccc(C(=O)C(C)(C)O)cc3)cc2)cc1. The molecule has 3 aromatic rings. The van der Waals surface area contributed by atoms with E-state index in [1.54, 1.807) is 24.3 Å². The molecule has 0 unspecified atom stereocenters. The zero-order chi connectivity index (χ0) is 26.3. The van der Waals surface area contributed by atoms with Crippen molar-refractivity contribution in [1.29, 1.82) is 0 Å². The van der Waals surface area contributed by atoms with Crippen LogP contribution >= 0.6 is 0 Å². The first-order valence-electron chi connectivity index (χ1n) is 11.9. The number of hydrogen-bond donors (Lipinski definition) is 2. The molecule has 0 aromatic heterocycles. The molecule has 0 fully saturated rings. The molecule has 0 amide bonds. The number of benzene rings is 3. The van der Waals surface area contributed by atoms with Crippen LogP contribution in [0.3, 0.4) is 0 Å². The van der Waals surface area contributed by atoms with Crippen molar-refractivity contribution in [2.75, 3.05) is 0 Å². The maximum atomic E-state index is 12.1. The lowest BCUT2D eigenvalue weighted by atomic mass is 9.96. The summed E-state index contributed by atoms with van der Waals surface area (Å²) in [7, 11) is 0. The first-order valence-corrected chi connectivity index (χ1v) is 11.9. The second-order valence-electron chi connectivity index (χ2n) is 9.97. The van der Waals surface area contributed by atoms with Crippen LogP contribution in [0.5, 0.6) is 0 Å². The van der Waals surface area contributed by atoms with Gasteiger partial charge in [0.25, 0.3) is 0 Å². The number of ketones is 2. The molecule has 0 saturated carbocycles. The maximum absolute atomic E-state index is 12.1. The molecule has 0 heterocycles. The maximum Gasteiger partial charge on any atom is 0.193 e. The molecular weight excluding hydrogens is 456 g/mol. The Hall–Kier alpha value is -3.16. The van der Waals surface area contributed by atoms with Gasteiger partial charge in [-0.1, -0.05) is 72.8 Å². The number of carbonyl (C=O) groups is 2. The third-order valence-electron chi connectivity index (χ3n) is 5.64. The zero-order valence-corrected chi connectivity index (χ0v) is 21.3. The molecule has 3 rings (SSSR count). The molecule has 0 aliphatic carbocycles. The summed E-state index contributed by atoms with van der Waals surface area (Å²) in [6.45, 7) is 7.67. The van der Waals surface area contributed by atoms with Crippen LogP contribution in [0.2, 0.25) is 0 Å². The molecule has 0 bridgehead atoms. The largest absolute Gasteiger partial charge is 0.382 e. The van der Waals surface area contributed by atoms with Gasteiger partial charge in [-0.3, -0.25) is 9.59 Å². The molecule has 0 spiro atoms. The zero-order valence-electron chi connectivity index (χ0n) is 21.3. The van der Waals surface area contributed by atoms with Gasteiger partial charge in [0.2, 0.25) is 0 Å². The standard InChI is InChI=1S/C30H34O6/c1-29(2,33)27(31)25-13-9-23(10-14-25)19-35-17-21-5-7-22(8-6-21)18-36-20-24-11-15-26(16-12-24)28(32)30(3,4)34/h5-16,33-34H,17-20H2,1-4H3. The average molecular weight is 491 g/mol. The molecule has 0 saturated heterocycles. The molecular formula is C30H34O6. The average Bonchev–Trinajstić information content (AvgIpc) is 2.84. The van der Waals surface area contributed by atoms with E-state index in [9.17, 15) is 19.8 Å². The summed E-state index contributed by atoms with van der Waals surface area (Å²) >= 11 is 0. The summed E-state index contributed by atoms with van der Waals surface area (Å²) in [6, 6.07) is 22.2. The Morgan fingerprint density at radius 1 is 0.528 bits per heavy atom. The third-order valence-corrected chi connectivity index (χ3v) is 5.64. The van der Waals surface area contributed by atoms with Crippen LogP contribution in [-0.2, 0) is 35.9 Å². The Morgan fingerprint density at radius 2 is 0.750 bits per heavy atom. The highest BCUT2D eigenvalue weighted by Crippen LogP contribution is 2.16. The number of aliphatic hydroxyl groups is 2. The van der Waals surface area contributed by atoms with Crippen LogP contribution < -0.4 is 0 Å². The highest BCUT2D eigenvalue weighted by atomic mass is 16.5. The Kier molecular flexibility index (Phi) is 8.93. The van der Waals surface area contributed by atoms with Crippen LogP contribution in [0, 0.1) is 0 Å². The third kappa shape index (κ3) is 7.93. The van der Waals surface area contributed by atoms with E-state index < -0.39 is 11.2 Å². The minimum Gasteiger partial charge on any atom is -0.382 e. The van der Waals surface area contributed by atoms with Crippen LogP contribution in [0.25, 0.3) is 0 Å². The number of hydrogen-bond acceptors (Lipinski definition) is 6. The van der Waals surface area contributed by atoms with Crippen LogP contribution in [0.1, 0.15) is 70.7 Å². The van der Waals surface area contributed by atoms with Crippen molar-refractivity contribution < 1.29 is 29.3 Å². The van der Waals surface area contributed by atoms with Gasteiger partial charge in [0.1, 0.15) is 11.2 Å². The van der Waals surface area contributed by atoms with Crippen LogP contribution in [-0.4, -0.2) is 33.0 Å². The Labute approximate surface area is 212 Å². The quantitative estimate of drug-likeness (QED) is 0.346. The van der Waals surface area contributed by atoms with Crippen molar-refractivity contribution in [2.45, 2.75) is 65.3 Å². The lowest BCUT2D eigenvalue weighted by molar-refractivity contribution is 0.0487. The lowest BCUT2D eigenvalue weighted by Gasteiger charge is -2.15. The van der Waals surface area contributed by atoms with Crippen molar-refractivity contribution in [3.05, 3.63) is 106 Å². The Bertz CT molecular complexity index is 1050. The molecule has 6 nitrogen and oxygen atoms in total. The van der Waals surface area contributed by atoms with E-state index in [4.69, 9.17) is 9.47 Å². The highest BCUT2D eigenvalue weighted by molar-refractivity contribution is 6.02. The van der Waals surface area contributed by atoms with Crippen molar-refractivity contribution in [1.82, 2.24) is 0 Å². The van der Waals surface area contributed by atoms with E-state index >= 15 is 0 Å². The van der Waals surface area contributed by atoms with Crippen LogP contribution in [0.4, 0.5) is 0 Å². The lowest BCUT2D eigenvalue weighted by Crippen LogP contribution is -2.31. The van der Waals surface area contributed by atoms with Crippen molar-refractivity contribution in [3.8, 4) is 0 Å². The van der Waals surface area contributed by atoms with Crippen molar-refractivity contribution in [2.24, 2.45) is 0 Å². The second kappa shape index (κ2) is 11.7. The first-order chi connectivity index (χ1) is 16.9. The van der Waals surface area contributed by atoms with Gasteiger partial charge in [0, 0.05) is 11.1 Å². The summed E-state index contributed by atoms with van der Waals surface area (Å²) in [6.07, 6.45) is 0. The summed E-state index contributed by atoms with van der Waals surface area (Å²) in [5, 5.41) is 19.7. The van der Waals surface area contributed by atoms with E-state index in [2.05, 4.69) is 0 Å². The van der Waals surface area contributed by atoms with Gasteiger partial charge in [-0.25, -0.2) is 0 Å². The van der Waals surface area contributed by atoms with Gasteiger partial charge < -0.3 is 19.7 Å². The van der Waals surface area contributed by atoms with Gasteiger partial charge >= 0.3 is 0 Å². The van der Waals surface area contributed by atoms with Gasteiger partial charge in [-0.2, -0.15) is 0 Å². The normalized spacial score (nSPS) is 11.9. The Balaban J connectivity index is 1.41. The fourth-order valence-corrected chi connectivity index (χ4v) is 3.52. The number of rotatable bonds is 12. The summed E-state index contributed by atoms with van der Waals surface area (Å²) < 4.78 is 11.6. The molecule has 3 aromatic carbocycles. The fraction of sp³-hybridized carbons (Fsp3) is 0.333. The van der Waals surface area contributed by atoms with Crippen molar-refractivity contribution >= 4 is 11.6 Å². The molecule has 0 aliphatic heterocycles. The number of ether oxygens (including phenoxy) is 2. The minimum atomic E-state index is -1.39. The number of carbonyl (C=O) groups excluding carboxylic acids is 2. The summed E-state index contributed by atoms with van der Waals surface area (Å²) in [4.78, 5) is 24.2. The van der Waals surface area contributed by atoms with E-state index in [0.29, 0.717) is 37.6 Å². The predicted octanol–water partition coefficient (Wildman–Crippen LogP) is 5.03. The van der Waals surface area contributed by atoms with Gasteiger partial charge in [-0.15, -0.1) is 0 Å². The highest BCUT2D eigenvalue weighted by Gasteiger charge is 2.25. The fourth-order valence-electron chi connectivity index (χ4n) is 3.52. The first kappa shape index (κ1) is 27.4. The van der Waals surface area contributed by atoms with Gasteiger partial charge in [0.15, 0.2) is 11.6 Å². The topological polar surface area (TPSA) is 93.1 Å². The second-order valence-corrected chi connectivity index (χ2v) is 9.97. The summed E-state index contributed by atoms with van der Waals surface area (Å²) in [5.74, 6) is -0.619. The Morgan fingerprint density at radius 3 is 0.972 bits per heavy atom. The van der Waals surface area contributed by atoms with E-state index in [1.165, 1.54) is 27.7 Å². The molecule has 0 aliphatic rings. The van der Waals surface area contributed by atoms with Crippen molar-refractivity contribution in [3.63, 3.8) is 0 Å². The number of Topliss-reactive ketones (excluding diaryl/α,β-unsaturated/α-hetero) is 2. The predicted molar refractivity (Wildman–Crippen MR) is 138 cm³/mol. The molecule has 36 heavy (non-hydrogen) atoms. The van der Waals surface area contributed by atoms with E-state index in [1.807, 2.05) is 48.5 Å². The van der Waals surface area contributed by atoms with E-state index in [-0.39, 0.29) is 11.6 Å². The molecule has 2 N–H and O–H groups in total. The molecule has 190 valence electrons. The summed E-state index contributed by atoms with van der Waals surface area (Å²) in [5.41, 5.74) is 2.15.